The molecule has 3 aromatic rings. The Bertz CT molecular complexity index is 1020. The van der Waals surface area contributed by atoms with Gasteiger partial charge in [-0.1, -0.05) is 24.3 Å². The molecule has 0 spiro atoms. The van der Waals surface area contributed by atoms with Crippen LogP contribution in [0.25, 0.3) is 10.9 Å². The van der Waals surface area contributed by atoms with E-state index in [-0.39, 0.29) is 22.6 Å². The van der Waals surface area contributed by atoms with Gasteiger partial charge in [0.05, 0.1) is 10.5 Å². The van der Waals surface area contributed by atoms with Gasteiger partial charge in [-0.2, -0.15) is 0 Å². The van der Waals surface area contributed by atoms with Crippen LogP contribution in [0, 0.1) is 17.0 Å². The number of fused-ring (bicyclic) bond motifs is 1. The van der Waals surface area contributed by atoms with Gasteiger partial charge in [0.25, 0.3) is 5.69 Å². The van der Waals surface area contributed by atoms with E-state index < -0.39 is 17.0 Å². The Hall–Kier alpha value is -3.48. The number of carbonyl (C=O) groups is 2. The number of carbonyl (C=O) groups excluding carboxylic acids is 2. The minimum Gasteiger partial charge on any atom is -0.451 e. The molecule has 26 heavy (non-hydrogen) atoms. The fraction of sp³-hybridized carbons (Fsp3) is 0.158. The van der Waals surface area contributed by atoms with Crippen LogP contribution in [0.3, 0.4) is 0 Å². The molecule has 2 aromatic carbocycles. The lowest BCUT2D eigenvalue weighted by Crippen LogP contribution is -2.24. The van der Waals surface area contributed by atoms with E-state index in [0.717, 1.165) is 10.9 Å². The second-order valence-corrected chi connectivity index (χ2v) is 5.87. The average Bonchev–Trinajstić information content (AvgIpc) is 3.04. The average molecular weight is 352 g/mol. The molecule has 0 aliphatic heterocycles. The van der Waals surface area contributed by atoms with E-state index in [9.17, 15) is 19.7 Å². The number of nitro groups is 1. The number of nitro benzene ring substituents is 1. The number of esters is 1. The molecule has 3 rings (SSSR count). The number of benzene rings is 2. The molecule has 0 aliphatic carbocycles. The molecule has 1 N–H and O–H groups in total. The van der Waals surface area contributed by atoms with Crippen LogP contribution in [0.4, 0.5) is 5.69 Å². The standard InChI is InChI=1S/C19H16N2O5/c1-11-13(7-5-9-17(11)21(24)25)19(23)26-12(2)18(22)15-10-20-16-8-4-3-6-14(15)16/h3-10,12,20H,1-2H3/t12-/m0/s1. The van der Waals surface area contributed by atoms with Gasteiger partial charge in [0, 0.05) is 34.3 Å². The largest absolute Gasteiger partial charge is 0.451 e. The fourth-order valence-electron chi connectivity index (χ4n) is 2.81. The predicted molar refractivity (Wildman–Crippen MR) is 95.3 cm³/mol. The molecule has 1 aromatic heterocycles. The minimum absolute atomic E-state index is 0.0674. The number of Topliss-reactive ketones (excluding diaryl/α,β-unsaturated/α-hetero) is 1. The van der Waals surface area contributed by atoms with Crippen molar-refractivity contribution in [1.29, 1.82) is 0 Å². The fourth-order valence-corrected chi connectivity index (χ4v) is 2.81. The summed E-state index contributed by atoms with van der Waals surface area (Å²) in [7, 11) is 0. The van der Waals surface area contributed by atoms with Crippen LogP contribution in [0.15, 0.2) is 48.7 Å². The monoisotopic (exact) mass is 352 g/mol. The Morgan fingerprint density at radius 2 is 1.85 bits per heavy atom. The zero-order chi connectivity index (χ0) is 18.8. The summed E-state index contributed by atoms with van der Waals surface area (Å²) < 4.78 is 5.26. The maximum absolute atomic E-state index is 12.6. The van der Waals surface area contributed by atoms with Gasteiger partial charge < -0.3 is 9.72 Å². The quantitative estimate of drug-likeness (QED) is 0.325. The Kier molecular flexibility index (Phi) is 4.53. The molecule has 0 fully saturated rings. The first-order valence-electron chi connectivity index (χ1n) is 7.95. The van der Waals surface area contributed by atoms with Crippen molar-refractivity contribution >= 4 is 28.3 Å². The van der Waals surface area contributed by atoms with Crippen LogP contribution < -0.4 is 0 Å². The molecule has 0 saturated carbocycles. The normalized spacial score (nSPS) is 11.9. The smallest absolute Gasteiger partial charge is 0.339 e. The summed E-state index contributed by atoms with van der Waals surface area (Å²) in [6.45, 7) is 2.95. The maximum atomic E-state index is 12.6. The first kappa shape index (κ1) is 17.3. The van der Waals surface area contributed by atoms with Crippen LogP contribution in [-0.4, -0.2) is 27.8 Å². The molecule has 132 valence electrons. The van der Waals surface area contributed by atoms with Crippen LogP contribution in [0.1, 0.15) is 33.2 Å². The molecule has 0 saturated heterocycles. The zero-order valence-corrected chi connectivity index (χ0v) is 14.2. The summed E-state index contributed by atoms with van der Waals surface area (Å²) in [5.41, 5.74) is 1.34. The third-order valence-corrected chi connectivity index (χ3v) is 4.23. The Balaban J connectivity index is 1.83. The molecule has 7 heteroatoms. The van der Waals surface area contributed by atoms with Crippen molar-refractivity contribution in [1.82, 2.24) is 4.98 Å². The summed E-state index contributed by atoms with van der Waals surface area (Å²) in [4.78, 5) is 38.5. The van der Waals surface area contributed by atoms with E-state index in [1.165, 1.54) is 32.0 Å². The van der Waals surface area contributed by atoms with Crippen LogP contribution in [-0.2, 0) is 4.74 Å². The summed E-state index contributed by atoms with van der Waals surface area (Å²) in [6.07, 6.45) is 0.552. The molecule has 0 unspecified atom stereocenters. The molecule has 1 heterocycles. The van der Waals surface area contributed by atoms with E-state index in [0.29, 0.717) is 5.56 Å². The van der Waals surface area contributed by atoms with Gasteiger partial charge in [0.2, 0.25) is 5.78 Å². The number of hydrogen-bond donors (Lipinski definition) is 1. The first-order valence-corrected chi connectivity index (χ1v) is 7.95. The van der Waals surface area contributed by atoms with Gasteiger partial charge in [-0.25, -0.2) is 4.79 Å². The topological polar surface area (TPSA) is 102 Å². The lowest BCUT2D eigenvalue weighted by atomic mass is 10.1. The lowest BCUT2D eigenvalue weighted by molar-refractivity contribution is -0.385. The number of aromatic nitrogens is 1. The number of hydrogen-bond acceptors (Lipinski definition) is 5. The molecule has 0 radical (unpaired) electrons. The van der Waals surface area contributed by atoms with E-state index in [2.05, 4.69) is 4.98 Å². The molecule has 0 aliphatic rings. The van der Waals surface area contributed by atoms with Gasteiger partial charge in [0.1, 0.15) is 0 Å². The number of H-pyrrole nitrogens is 1. The number of para-hydroxylation sites is 1. The van der Waals surface area contributed by atoms with E-state index >= 15 is 0 Å². The van der Waals surface area contributed by atoms with Crippen LogP contribution in [0.5, 0.6) is 0 Å². The minimum atomic E-state index is -1.03. The zero-order valence-electron chi connectivity index (χ0n) is 14.2. The Morgan fingerprint density at radius 1 is 1.12 bits per heavy atom. The van der Waals surface area contributed by atoms with E-state index in [4.69, 9.17) is 4.74 Å². The number of nitrogens with one attached hydrogen (secondary N) is 1. The van der Waals surface area contributed by atoms with Gasteiger partial charge in [0.15, 0.2) is 6.10 Å². The van der Waals surface area contributed by atoms with Gasteiger partial charge in [-0.3, -0.25) is 14.9 Å². The van der Waals surface area contributed by atoms with Gasteiger partial charge in [-0.15, -0.1) is 0 Å². The second kappa shape index (κ2) is 6.79. The lowest BCUT2D eigenvalue weighted by Gasteiger charge is -2.13. The first-order chi connectivity index (χ1) is 12.4. The summed E-state index contributed by atoms with van der Waals surface area (Å²) in [6, 6.07) is 11.5. The van der Waals surface area contributed by atoms with Crippen LogP contribution in [0.2, 0.25) is 0 Å². The Labute approximate surface area is 148 Å². The summed E-state index contributed by atoms with van der Waals surface area (Å²) >= 11 is 0. The van der Waals surface area contributed by atoms with E-state index in [1.54, 1.807) is 12.3 Å². The molecular formula is C19H16N2O5. The number of aromatic amines is 1. The maximum Gasteiger partial charge on any atom is 0.339 e. The third-order valence-electron chi connectivity index (χ3n) is 4.23. The molecular weight excluding hydrogens is 336 g/mol. The van der Waals surface area contributed by atoms with Crippen molar-refractivity contribution in [2.45, 2.75) is 20.0 Å². The highest BCUT2D eigenvalue weighted by molar-refractivity contribution is 6.10. The SMILES string of the molecule is Cc1c(C(=O)O[C@@H](C)C(=O)c2c[nH]c3ccccc23)cccc1[N+](=O)[O-]. The predicted octanol–water partition coefficient (Wildman–Crippen LogP) is 3.81. The Morgan fingerprint density at radius 3 is 2.58 bits per heavy atom. The van der Waals surface area contributed by atoms with Crippen molar-refractivity contribution in [2.75, 3.05) is 0 Å². The number of ketones is 1. The van der Waals surface area contributed by atoms with Crippen molar-refractivity contribution in [3.05, 3.63) is 75.5 Å². The highest BCUT2D eigenvalue weighted by Crippen LogP contribution is 2.23. The van der Waals surface area contributed by atoms with Gasteiger partial charge in [-0.05, 0) is 26.0 Å². The highest BCUT2D eigenvalue weighted by Gasteiger charge is 2.25. The number of ether oxygens (including phenoxy) is 1. The highest BCUT2D eigenvalue weighted by atomic mass is 16.6. The van der Waals surface area contributed by atoms with Gasteiger partial charge >= 0.3 is 5.97 Å². The summed E-state index contributed by atoms with van der Waals surface area (Å²) in [5, 5.41) is 11.7. The summed E-state index contributed by atoms with van der Waals surface area (Å²) in [5.74, 6) is -1.12. The van der Waals surface area contributed by atoms with Crippen molar-refractivity contribution in [3.8, 4) is 0 Å². The molecule has 0 bridgehead atoms. The van der Waals surface area contributed by atoms with Crippen molar-refractivity contribution < 1.29 is 19.2 Å². The third kappa shape index (κ3) is 3.06. The number of nitrogens with zero attached hydrogens (tertiary/aromatic N) is 1. The molecule has 0 amide bonds. The van der Waals surface area contributed by atoms with Crippen LogP contribution >= 0.6 is 0 Å². The molecule has 7 nitrogen and oxygen atoms in total. The second-order valence-electron chi connectivity index (χ2n) is 5.87. The van der Waals surface area contributed by atoms with Crippen molar-refractivity contribution in [3.63, 3.8) is 0 Å². The number of rotatable bonds is 5. The van der Waals surface area contributed by atoms with E-state index in [1.807, 2.05) is 18.2 Å². The molecule has 1 atom stereocenters. The van der Waals surface area contributed by atoms with Crippen molar-refractivity contribution in [2.24, 2.45) is 0 Å².